The van der Waals surface area contributed by atoms with Crippen LogP contribution >= 0.6 is 0 Å². The van der Waals surface area contributed by atoms with Gasteiger partial charge in [-0.25, -0.2) is 4.98 Å². The average molecular weight is 271 g/mol. The molecule has 0 unspecified atom stereocenters. The van der Waals surface area contributed by atoms with Gasteiger partial charge in [-0.3, -0.25) is 9.69 Å². The molecule has 3 rings (SSSR count). The Morgan fingerprint density at radius 3 is 2.75 bits per heavy atom. The summed E-state index contributed by atoms with van der Waals surface area (Å²) in [4.78, 5) is 18.5. The van der Waals surface area contributed by atoms with E-state index in [1.54, 1.807) is 13.1 Å². The molecular formula is C16H21N3O. The fourth-order valence-corrected chi connectivity index (χ4v) is 3.01. The topological polar surface area (TPSA) is 38.1 Å². The van der Waals surface area contributed by atoms with Gasteiger partial charge in [-0.2, -0.15) is 0 Å². The lowest BCUT2D eigenvalue weighted by molar-refractivity contribution is 0.101. The highest BCUT2D eigenvalue weighted by Crippen LogP contribution is 2.29. The molecule has 3 heterocycles. The number of aromatic nitrogens is 2. The van der Waals surface area contributed by atoms with Crippen molar-refractivity contribution in [2.24, 2.45) is 0 Å². The van der Waals surface area contributed by atoms with Crippen molar-refractivity contribution < 1.29 is 4.79 Å². The summed E-state index contributed by atoms with van der Waals surface area (Å²) in [7, 11) is 0. The van der Waals surface area contributed by atoms with Crippen molar-refractivity contribution in [2.45, 2.75) is 46.8 Å². The summed E-state index contributed by atoms with van der Waals surface area (Å²) in [5.41, 5.74) is 4.32. The third-order valence-corrected chi connectivity index (χ3v) is 4.39. The van der Waals surface area contributed by atoms with Crippen LogP contribution in [-0.4, -0.2) is 32.8 Å². The SMILES string of the molecule is CC(=O)c1cnc2c(c1)c(C)c1n2CCN(C(C)C)C1. The molecule has 20 heavy (non-hydrogen) atoms. The number of hydrogen-bond acceptors (Lipinski definition) is 3. The third-order valence-electron chi connectivity index (χ3n) is 4.39. The number of fused-ring (bicyclic) bond motifs is 3. The molecule has 106 valence electrons. The van der Waals surface area contributed by atoms with Gasteiger partial charge in [0.1, 0.15) is 5.65 Å². The van der Waals surface area contributed by atoms with E-state index in [-0.39, 0.29) is 5.78 Å². The Bertz CT molecular complexity index is 685. The number of carbonyl (C=O) groups is 1. The van der Waals surface area contributed by atoms with Crippen LogP contribution in [0.1, 0.15) is 42.4 Å². The van der Waals surface area contributed by atoms with E-state index in [0.29, 0.717) is 11.6 Å². The van der Waals surface area contributed by atoms with Crippen LogP contribution in [0.2, 0.25) is 0 Å². The Hall–Kier alpha value is -1.68. The van der Waals surface area contributed by atoms with Gasteiger partial charge in [0.25, 0.3) is 0 Å². The first-order valence-corrected chi connectivity index (χ1v) is 7.21. The van der Waals surface area contributed by atoms with Gasteiger partial charge in [0.15, 0.2) is 5.78 Å². The van der Waals surface area contributed by atoms with Crippen LogP contribution < -0.4 is 0 Å². The van der Waals surface area contributed by atoms with Gasteiger partial charge in [0.2, 0.25) is 0 Å². The Morgan fingerprint density at radius 2 is 2.10 bits per heavy atom. The summed E-state index contributed by atoms with van der Waals surface area (Å²) in [6, 6.07) is 2.55. The van der Waals surface area contributed by atoms with Gasteiger partial charge in [-0.1, -0.05) is 0 Å². The smallest absolute Gasteiger partial charge is 0.161 e. The fourth-order valence-electron chi connectivity index (χ4n) is 3.01. The highest BCUT2D eigenvalue weighted by Gasteiger charge is 2.24. The molecule has 4 nitrogen and oxygen atoms in total. The lowest BCUT2D eigenvalue weighted by Crippen LogP contribution is -2.38. The molecule has 2 aromatic heterocycles. The van der Waals surface area contributed by atoms with Crippen LogP contribution in [-0.2, 0) is 13.1 Å². The molecule has 0 fully saturated rings. The fraction of sp³-hybridized carbons (Fsp3) is 0.500. The number of pyridine rings is 1. The highest BCUT2D eigenvalue weighted by molar-refractivity contribution is 5.97. The molecule has 1 aliphatic rings. The lowest BCUT2D eigenvalue weighted by Gasteiger charge is -2.32. The van der Waals surface area contributed by atoms with Crippen LogP contribution in [0.5, 0.6) is 0 Å². The van der Waals surface area contributed by atoms with E-state index < -0.39 is 0 Å². The monoisotopic (exact) mass is 271 g/mol. The van der Waals surface area contributed by atoms with Gasteiger partial charge < -0.3 is 4.57 Å². The van der Waals surface area contributed by atoms with Gasteiger partial charge >= 0.3 is 0 Å². The number of aryl methyl sites for hydroxylation is 1. The largest absolute Gasteiger partial charge is 0.327 e. The molecule has 0 aromatic carbocycles. The minimum absolute atomic E-state index is 0.0757. The van der Waals surface area contributed by atoms with Crippen LogP contribution in [0.4, 0.5) is 0 Å². The van der Waals surface area contributed by atoms with Crippen LogP contribution in [0, 0.1) is 6.92 Å². The molecule has 0 aliphatic carbocycles. The molecule has 1 aliphatic heterocycles. The highest BCUT2D eigenvalue weighted by atomic mass is 16.1. The molecule has 0 amide bonds. The van der Waals surface area contributed by atoms with Crippen molar-refractivity contribution in [3.05, 3.63) is 29.1 Å². The summed E-state index contributed by atoms with van der Waals surface area (Å²) in [6.07, 6.45) is 1.70. The summed E-state index contributed by atoms with van der Waals surface area (Å²) < 4.78 is 2.31. The molecule has 2 aromatic rings. The van der Waals surface area contributed by atoms with Gasteiger partial charge in [0.05, 0.1) is 0 Å². The van der Waals surface area contributed by atoms with E-state index in [1.807, 2.05) is 6.07 Å². The first-order valence-electron chi connectivity index (χ1n) is 7.21. The number of rotatable bonds is 2. The Balaban J connectivity index is 2.14. The maximum absolute atomic E-state index is 11.5. The van der Waals surface area contributed by atoms with Gasteiger partial charge in [-0.05, 0) is 39.3 Å². The van der Waals surface area contributed by atoms with E-state index >= 15 is 0 Å². The van der Waals surface area contributed by atoms with E-state index in [4.69, 9.17) is 0 Å². The summed E-state index contributed by atoms with van der Waals surface area (Å²) >= 11 is 0. The van der Waals surface area contributed by atoms with Crippen molar-refractivity contribution in [1.29, 1.82) is 0 Å². The van der Waals surface area contributed by atoms with Crippen molar-refractivity contribution in [3.8, 4) is 0 Å². The van der Waals surface area contributed by atoms with Gasteiger partial charge in [0, 0.05) is 48.5 Å². The Kier molecular flexibility index (Phi) is 3.13. The Labute approximate surface area is 119 Å². The van der Waals surface area contributed by atoms with E-state index in [1.165, 1.54) is 11.3 Å². The number of Topliss-reactive ketones (excluding diaryl/α,β-unsaturated/α-hetero) is 1. The molecule has 0 saturated carbocycles. The van der Waals surface area contributed by atoms with Crippen LogP contribution in [0.3, 0.4) is 0 Å². The predicted octanol–water partition coefficient (Wildman–Crippen LogP) is 2.77. The zero-order valence-corrected chi connectivity index (χ0v) is 12.6. The molecule has 0 atom stereocenters. The third kappa shape index (κ3) is 1.95. The quantitative estimate of drug-likeness (QED) is 0.788. The molecule has 4 heteroatoms. The maximum Gasteiger partial charge on any atom is 0.161 e. The van der Waals surface area contributed by atoms with Crippen molar-refractivity contribution in [3.63, 3.8) is 0 Å². The first-order chi connectivity index (χ1) is 9.49. The molecule has 0 N–H and O–H groups in total. The summed E-state index contributed by atoms with van der Waals surface area (Å²) in [6.45, 7) is 11.2. The van der Waals surface area contributed by atoms with E-state index in [2.05, 4.69) is 35.2 Å². The normalized spacial score (nSPS) is 15.8. The van der Waals surface area contributed by atoms with E-state index in [9.17, 15) is 4.79 Å². The van der Waals surface area contributed by atoms with Crippen LogP contribution in [0.25, 0.3) is 11.0 Å². The molecule has 0 bridgehead atoms. The zero-order valence-electron chi connectivity index (χ0n) is 12.6. The van der Waals surface area contributed by atoms with E-state index in [0.717, 1.165) is 30.7 Å². The molecular weight excluding hydrogens is 250 g/mol. The standard InChI is InChI=1S/C16H21N3O/c1-10(2)18-5-6-19-15(9-18)11(3)14-7-13(12(4)20)8-17-16(14)19/h7-8,10H,5-6,9H2,1-4H3. The molecule has 0 spiro atoms. The van der Waals surface area contributed by atoms with Crippen LogP contribution in [0.15, 0.2) is 12.3 Å². The Morgan fingerprint density at radius 1 is 1.35 bits per heavy atom. The molecule has 0 saturated heterocycles. The second kappa shape index (κ2) is 4.70. The van der Waals surface area contributed by atoms with Crippen molar-refractivity contribution >= 4 is 16.8 Å². The second-order valence-electron chi connectivity index (χ2n) is 5.94. The van der Waals surface area contributed by atoms with Crippen molar-refractivity contribution in [2.75, 3.05) is 6.54 Å². The molecule has 0 radical (unpaired) electrons. The summed E-state index contributed by atoms with van der Waals surface area (Å²) in [5, 5.41) is 1.12. The maximum atomic E-state index is 11.5. The lowest BCUT2D eigenvalue weighted by atomic mass is 10.1. The number of hydrogen-bond donors (Lipinski definition) is 0. The predicted molar refractivity (Wildman–Crippen MR) is 80.0 cm³/mol. The summed E-state index contributed by atoms with van der Waals surface area (Å²) in [5.74, 6) is 0.0757. The number of ketones is 1. The zero-order chi connectivity index (χ0) is 14.4. The average Bonchev–Trinajstić information content (AvgIpc) is 2.71. The minimum Gasteiger partial charge on any atom is -0.327 e. The van der Waals surface area contributed by atoms with Crippen molar-refractivity contribution in [1.82, 2.24) is 14.5 Å². The number of carbonyl (C=O) groups excluding carboxylic acids is 1. The second-order valence-corrected chi connectivity index (χ2v) is 5.94. The number of nitrogens with zero attached hydrogens (tertiary/aromatic N) is 3. The first kappa shape index (κ1) is 13.3. The minimum atomic E-state index is 0.0757. The van der Waals surface area contributed by atoms with Gasteiger partial charge in [-0.15, -0.1) is 0 Å².